The van der Waals surface area contributed by atoms with E-state index in [1.807, 2.05) is 17.4 Å². The summed E-state index contributed by atoms with van der Waals surface area (Å²) in [5, 5.41) is 6.49. The van der Waals surface area contributed by atoms with Crippen LogP contribution in [-0.2, 0) is 11.2 Å². The zero-order valence-corrected chi connectivity index (χ0v) is 15.1. The number of quaternary nitrogens is 1. The summed E-state index contributed by atoms with van der Waals surface area (Å²) in [5.74, 6) is 0.165. The van der Waals surface area contributed by atoms with E-state index in [2.05, 4.69) is 52.2 Å². The lowest BCUT2D eigenvalue weighted by molar-refractivity contribution is -0.910. The number of benzene rings is 1. The molecule has 130 valence electrons. The Morgan fingerprint density at radius 1 is 1.28 bits per heavy atom. The lowest BCUT2D eigenvalue weighted by Crippen LogP contribution is -3.11. The first kappa shape index (κ1) is 16.4. The molecule has 2 aromatic heterocycles. The number of likely N-dealkylation sites (tertiary alicyclic amines) is 1. The quantitative estimate of drug-likeness (QED) is 0.625. The van der Waals surface area contributed by atoms with Gasteiger partial charge in [0.05, 0.1) is 11.4 Å². The van der Waals surface area contributed by atoms with E-state index in [4.69, 9.17) is 0 Å². The normalized spacial score (nSPS) is 20.2. The summed E-state index contributed by atoms with van der Waals surface area (Å²) >= 11 is 1.81. The number of carbonyl (C=O) groups excluding carboxylic acids is 1. The number of para-hydroxylation sites is 1. The van der Waals surface area contributed by atoms with Crippen molar-refractivity contribution in [2.45, 2.75) is 25.3 Å². The highest BCUT2D eigenvalue weighted by Gasteiger charge is 2.32. The van der Waals surface area contributed by atoms with Crippen molar-refractivity contribution in [1.29, 1.82) is 0 Å². The van der Waals surface area contributed by atoms with Gasteiger partial charge in [0.2, 0.25) is 0 Å². The zero-order valence-electron chi connectivity index (χ0n) is 14.3. The molecule has 5 heteroatoms. The van der Waals surface area contributed by atoms with Gasteiger partial charge in [-0.25, -0.2) is 0 Å². The summed E-state index contributed by atoms with van der Waals surface area (Å²) in [5.41, 5.74) is 2.42. The minimum absolute atomic E-state index is 0.165. The van der Waals surface area contributed by atoms with Crippen molar-refractivity contribution in [3.63, 3.8) is 0 Å². The average molecular weight is 354 g/mol. The molecule has 2 atom stereocenters. The second-order valence-corrected chi connectivity index (χ2v) is 7.73. The molecular weight excluding hydrogens is 330 g/mol. The standard InChI is InChI=1S/C20H23N3OS/c24-20(14-23-11-3-7-18(23)19-8-4-12-25-19)21-10-9-15-13-22-17-6-2-1-5-16(15)17/h1-2,4-6,8,12-13,18,22H,3,7,9-11,14H2,(H,21,24)/p+1/t18-/m0/s1. The van der Waals surface area contributed by atoms with Crippen LogP contribution in [0.4, 0.5) is 0 Å². The van der Waals surface area contributed by atoms with Crippen LogP contribution < -0.4 is 10.2 Å². The van der Waals surface area contributed by atoms with E-state index < -0.39 is 0 Å². The van der Waals surface area contributed by atoms with E-state index in [1.54, 1.807) is 0 Å². The second kappa shape index (κ2) is 7.42. The largest absolute Gasteiger partial charge is 0.361 e. The first-order valence-corrected chi connectivity index (χ1v) is 9.89. The monoisotopic (exact) mass is 354 g/mol. The second-order valence-electron chi connectivity index (χ2n) is 6.75. The van der Waals surface area contributed by atoms with Crippen LogP contribution in [0, 0.1) is 0 Å². The number of thiophene rings is 1. The fourth-order valence-corrected chi connectivity index (χ4v) is 4.82. The fourth-order valence-electron chi connectivity index (χ4n) is 3.90. The van der Waals surface area contributed by atoms with Crippen molar-refractivity contribution >= 4 is 28.1 Å². The van der Waals surface area contributed by atoms with Gasteiger partial charge < -0.3 is 15.2 Å². The fraction of sp³-hybridized carbons (Fsp3) is 0.350. The topological polar surface area (TPSA) is 49.3 Å². The molecule has 4 rings (SSSR count). The van der Waals surface area contributed by atoms with E-state index in [1.165, 1.54) is 33.6 Å². The van der Waals surface area contributed by atoms with E-state index in [-0.39, 0.29) is 5.91 Å². The van der Waals surface area contributed by atoms with Crippen molar-refractivity contribution in [1.82, 2.24) is 10.3 Å². The van der Waals surface area contributed by atoms with Crippen LogP contribution in [0.3, 0.4) is 0 Å². The molecule has 0 spiro atoms. The van der Waals surface area contributed by atoms with Gasteiger partial charge in [-0.1, -0.05) is 24.3 Å². The number of H-pyrrole nitrogens is 1. The predicted octanol–water partition coefficient (Wildman–Crippen LogP) is 2.31. The highest BCUT2D eigenvalue weighted by atomic mass is 32.1. The molecule has 0 bridgehead atoms. The number of nitrogens with one attached hydrogen (secondary N) is 3. The third-order valence-electron chi connectivity index (χ3n) is 5.15. The van der Waals surface area contributed by atoms with Crippen molar-refractivity contribution < 1.29 is 9.69 Å². The van der Waals surface area contributed by atoms with Gasteiger partial charge in [0, 0.05) is 36.5 Å². The molecule has 3 aromatic rings. The van der Waals surface area contributed by atoms with Crippen molar-refractivity contribution in [3.05, 3.63) is 58.4 Å². The van der Waals surface area contributed by atoms with Gasteiger partial charge in [-0.15, -0.1) is 11.3 Å². The number of carbonyl (C=O) groups is 1. The lowest BCUT2D eigenvalue weighted by Gasteiger charge is -2.20. The molecule has 0 aliphatic carbocycles. The van der Waals surface area contributed by atoms with Crippen LogP contribution in [-0.4, -0.2) is 30.5 Å². The van der Waals surface area contributed by atoms with Gasteiger partial charge in [0.25, 0.3) is 5.91 Å². The highest BCUT2D eigenvalue weighted by molar-refractivity contribution is 7.10. The third-order valence-corrected chi connectivity index (χ3v) is 6.14. The molecule has 1 amide bonds. The molecule has 3 N–H and O–H groups in total. The van der Waals surface area contributed by atoms with Gasteiger partial charge in [-0.2, -0.15) is 0 Å². The Morgan fingerprint density at radius 2 is 2.20 bits per heavy atom. The summed E-state index contributed by atoms with van der Waals surface area (Å²) < 4.78 is 0. The number of rotatable bonds is 6. The number of aromatic amines is 1. The Kier molecular flexibility index (Phi) is 4.85. The Labute approximate surface area is 151 Å². The maximum atomic E-state index is 12.4. The number of aromatic nitrogens is 1. The van der Waals surface area contributed by atoms with Gasteiger partial charge in [-0.05, 0) is 29.5 Å². The van der Waals surface area contributed by atoms with Gasteiger partial charge in [0.15, 0.2) is 6.54 Å². The first-order valence-electron chi connectivity index (χ1n) is 9.01. The zero-order chi connectivity index (χ0) is 17.1. The summed E-state index contributed by atoms with van der Waals surface area (Å²) in [6.07, 6.45) is 5.31. The van der Waals surface area contributed by atoms with Gasteiger partial charge in [-0.3, -0.25) is 4.79 Å². The van der Waals surface area contributed by atoms with Crippen molar-refractivity contribution in [3.8, 4) is 0 Å². The Balaban J connectivity index is 1.29. The van der Waals surface area contributed by atoms with Crippen molar-refractivity contribution in [2.24, 2.45) is 0 Å². The average Bonchev–Trinajstić information content (AvgIpc) is 3.35. The molecule has 3 heterocycles. The van der Waals surface area contributed by atoms with E-state index in [0.29, 0.717) is 19.1 Å². The third kappa shape index (κ3) is 3.62. The maximum Gasteiger partial charge on any atom is 0.275 e. The summed E-state index contributed by atoms with van der Waals surface area (Å²) in [6.45, 7) is 2.37. The van der Waals surface area contributed by atoms with Crippen molar-refractivity contribution in [2.75, 3.05) is 19.6 Å². The number of hydrogen-bond acceptors (Lipinski definition) is 2. The molecule has 1 aromatic carbocycles. The van der Waals surface area contributed by atoms with Crippen LogP contribution in [0.25, 0.3) is 10.9 Å². The predicted molar refractivity (Wildman–Crippen MR) is 102 cm³/mol. The SMILES string of the molecule is O=C(C[NH+]1CCC[C@H]1c1cccs1)NCCc1c[nH]c2ccccc12. The Morgan fingerprint density at radius 3 is 3.08 bits per heavy atom. The highest BCUT2D eigenvalue weighted by Crippen LogP contribution is 2.23. The molecular formula is C20H24N3OS+. The van der Waals surface area contributed by atoms with E-state index >= 15 is 0 Å². The molecule has 1 aliphatic rings. The minimum Gasteiger partial charge on any atom is -0.361 e. The molecule has 1 saturated heterocycles. The van der Waals surface area contributed by atoms with E-state index in [9.17, 15) is 4.79 Å². The molecule has 1 unspecified atom stereocenters. The van der Waals surface area contributed by atoms with Crippen LogP contribution in [0.1, 0.15) is 29.3 Å². The first-order chi connectivity index (χ1) is 12.3. The summed E-state index contributed by atoms with van der Waals surface area (Å²) in [4.78, 5) is 18.5. The Hall–Kier alpha value is -2.11. The van der Waals surface area contributed by atoms with E-state index in [0.717, 1.165) is 18.5 Å². The number of amides is 1. The maximum absolute atomic E-state index is 12.4. The van der Waals surface area contributed by atoms with Crippen LogP contribution in [0.5, 0.6) is 0 Å². The Bertz CT molecular complexity index is 840. The molecule has 0 radical (unpaired) electrons. The summed E-state index contributed by atoms with van der Waals surface area (Å²) in [7, 11) is 0. The van der Waals surface area contributed by atoms with Crippen LogP contribution >= 0.6 is 11.3 Å². The molecule has 4 nitrogen and oxygen atoms in total. The summed E-state index contributed by atoms with van der Waals surface area (Å²) in [6, 6.07) is 13.1. The lowest BCUT2D eigenvalue weighted by atomic mass is 10.1. The number of fused-ring (bicyclic) bond motifs is 1. The molecule has 1 aliphatic heterocycles. The van der Waals surface area contributed by atoms with Gasteiger partial charge in [0.1, 0.15) is 6.04 Å². The minimum atomic E-state index is 0.165. The molecule has 1 fully saturated rings. The van der Waals surface area contributed by atoms with Gasteiger partial charge >= 0.3 is 0 Å². The number of hydrogen-bond donors (Lipinski definition) is 3. The smallest absolute Gasteiger partial charge is 0.275 e. The molecule has 25 heavy (non-hydrogen) atoms. The van der Waals surface area contributed by atoms with Crippen LogP contribution in [0.2, 0.25) is 0 Å². The molecule has 0 saturated carbocycles. The van der Waals surface area contributed by atoms with Crippen LogP contribution in [0.15, 0.2) is 48.0 Å².